The van der Waals surface area contributed by atoms with E-state index in [1.165, 1.54) is 42.2 Å². The standard InChI is InChI=1S/C17H19FN2O3S/c1-13-4-3-5-17(12-13)24(22,23)19-10-11-20(14(2)21)16-8-6-15(18)7-9-16/h3-9,12,19H,10-11H2,1-2H3. The topological polar surface area (TPSA) is 66.5 Å². The summed E-state index contributed by atoms with van der Waals surface area (Å²) in [6, 6.07) is 12.0. The molecule has 0 saturated heterocycles. The molecule has 24 heavy (non-hydrogen) atoms. The minimum atomic E-state index is -3.64. The van der Waals surface area contributed by atoms with Crippen LogP contribution in [0.3, 0.4) is 0 Å². The fourth-order valence-corrected chi connectivity index (χ4v) is 3.37. The number of nitrogens with one attached hydrogen (secondary N) is 1. The van der Waals surface area contributed by atoms with Gasteiger partial charge in [-0.15, -0.1) is 0 Å². The van der Waals surface area contributed by atoms with Crippen LogP contribution in [0.4, 0.5) is 10.1 Å². The Morgan fingerprint density at radius 2 is 1.83 bits per heavy atom. The molecule has 5 nitrogen and oxygen atoms in total. The van der Waals surface area contributed by atoms with Crippen molar-refractivity contribution in [2.24, 2.45) is 0 Å². The molecule has 128 valence electrons. The summed E-state index contributed by atoms with van der Waals surface area (Å²) in [5.74, 6) is -0.654. The number of halogens is 1. The third-order valence-corrected chi connectivity index (χ3v) is 4.90. The van der Waals surface area contributed by atoms with Crippen LogP contribution in [-0.2, 0) is 14.8 Å². The van der Waals surface area contributed by atoms with Crippen molar-refractivity contribution < 1.29 is 17.6 Å². The molecule has 1 N–H and O–H groups in total. The highest BCUT2D eigenvalue weighted by atomic mass is 32.2. The van der Waals surface area contributed by atoms with Gasteiger partial charge in [0.25, 0.3) is 0 Å². The smallest absolute Gasteiger partial charge is 0.240 e. The highest BCUT2D eigenvalue weighted by Crippen LogP contribution is 2.15. The Hall–Kier alpha value is -2.25. The van der Waals surface area contributed by atoms with Gasteiger partial charge in [-0.1, -0.05) is 12.1 Å². The van der Waals surface area contributed by atoms with Crippen molar-refractivity contribution in [1.29, 1.82) is 0 Å². The first-order valence-corrected chi connectivity index (χ1v) is 8.88. The number of hydrogen-bond acceptors (Lipinski definition) is 3. The molecule has 0 heterocycles. The van der Waals surface area contributed by atoms with Gasteiger partial charge in [-0.3, -0.25) is 4.79 Å². The van der Waals surface area contributed by atoms with Gasteiger partial charge >= 0.3 is 0 Å². The predicted molar refractivity (Wildman–Crippen MR) is 90.8 cm³/mol. The van der Waals surface area contributed by atoms with Crippen LogP contribution >= 0.6 is 0 Å². The van der Waals surface area contributed by atoms with E-state index in [-0.39, 0.29) is 23.9 Å². The summed E-state index contributed by atoms with van der Waals surface area (Å²) < 4.78 is 40.0. The molecule has 7 heteroatoms. The first-order chi connectivity index (χ1) is 11.3. The van der Waals surface area contributed by atoms with Crippen LogP contribution in [0.1, 0.15) is 12.5 Å². The number of sulfonamides is 1. The molecule has 0 spiro atoms. The third kappa shape index (κ3) is 4.62. The van der Waals surface area contributed by atoms with Crippen molar-refractivity contribution in [2.45, 2.75) is 18.7 Å². The summed E-state index contributed by atoms with van der Waals surface area (Å²) in [6.07, 6.45) is 0. The molecule has 2 rings (SSSR count). The van der Waals surface area contributed by atoms with Gasteiger partial charge in [0.15, 0.2) is 0 Å². The molecule has 0 bridgehead atoms. The molecule has 2 aromatic rings. The fraction of sp³-hybridized carbons (Fsp3) is 0.235. The van der Waals surface area contributed by atoms with E-state index in [1.54, 1.807) is 12.1 Å². The summed E-state index contributed by atoms with van der Waals surface area (Å²) in [6.45, 7) is 3.38. The lowest BCUT2D eigenvalue weighted by molar-refractivity contribution is -0.116. The van der Waals surface area contributed by atoms with E-state index < -0.39 is 15.8 Å². The lowest BCUT2D eigenvalue weighted by Crippen LogP contribution is -2.37. The quantitative estimate of drug-likeness (QED) is 0.870. The summed E-state index contributed by atoms with van der Waals surface area (Å²) in [5.41, 5.74) is 1.35. The van der Waals surface area contributed by atoms with Gasteiger partial charge in [-0.05, 0) is 48.9 Å². The Kier molecular flexibility index (Phi) is 5.69. The minimum Gasteiger partial charge on any atom is -0.311 e. The molecule has 0 fully saturated rings. The van der Waals surface area contributed by atoms with Crippen molar-refractivity contribution in [2.75, 3.05) is 18.0 Å². The van der Waals surface area contributed by atoms with Crippen molar-refractivity contribution in [3.63, 3.8) is 0 Å². The van der Waals surface area contributed by atoms with Crippen LogP contribution in [0, 0.1) is 12.7 Å². The van der Waals surface area contributed by atoms with E-state index in [2.05, 4.69) is 4.72 Å². The molecule has 0 aliphatic heterocycles. The number of aryl methyl sites for hydroxylation is 1. The minimum absolute atomic E-state index is 0.0488. The molecule has 0 atom stereocenters. The van der Waals surface area contributed by atoms with Gasteiger partial charge in [-0.25, -0.2) is 17.5 Å². The molecular weight excluding hydrogens is 331 g/mol. The number of benzene rings is 2. The molecule has 0 unspecified atom stereocenters. The molecular formula is C17H19FN2O3S. The van der Waals surface area contributed by atoms with E-state index in [4.69, 9.17) is 0 Å². The molecule has 0 saturated carbocycles. The van der Waals surface area contributed by atoms with Gasteiger partial charge in [0, 0.05) is 25.7 Å². The zero-order chi connectivity index (χ0) is 17.7. The van der Waals surface area contributed by atoms with E-state index in [1.807, 2.05) is 13.0 Å². The lowest BCUT2D eigenvalue weighted by atomic mass is 10.2. The lowest BCUT2D eigenvalue weighted by Gasteiger charge is -2.21. The summed E-state index contributed by atoms with van der Waals surface area (Å²) >= 11 is 0. The van der Waals surface area contributed by atoms with Crippen LogP contribution in [0.25, 0.3) is 0 Å². The Bertz CT molecular complexity index is 820. The predicted octanol–water partition coefficient (Wildman–Crippen LogP) is 2.47. The SMILES string of the molecule is CC(=O)N(CCNS(=O)(=O)c1cccc(C)c1)c1ccc(F)cc1. The zero-order valence-electron chi connectivity index (χ0n) is 13.5. The highest BCUT2D eigenvalue weighted by Gasteiger charge is 2.16. The van der Waals surface area contributed by atoms with Crippen molar-refractivity contribution in [3.05, 3.63) is 59.9 Å². The monoisotopic (exact) mass is 350 g/mol. The van der Waals surface area contributed by atoms with Crippen LogP contribution in [-0.4, -0.2) is 27.4 Å². The van der Waals surface area contributed by atoms with Crippen molar-refractivity contribution in [1.82, 2.24) is 4.72 Å². The molecule has 1 amide bonds. The third-order valence-electron chi connectivity index (χ3n) is 3.45. The molecule has 0 aliphatic rings. The van der Waals surface area contributed by atoms with Gasteiger partial charge < -0.3 is 4.90 Å². The maximum Gasteiger partial charge on any atom is 0.240 e. The number of carbonyl (C=O) groups is 1. The van der Waals surface area contributed by atoms with Crippen LogP contribution in [0.2, 0.25) is 0 Å². The summed E-state index contributed by atoms with van der Waals surface area (Å²) in [4.78, 5) is 13.3. The van der Waals surface area contributed by atoms with Crippen molar-refractivity contribution in [3.8, 4) is 0 Å². The average molecular weight is 350 g/mol. The van der Waals surface area contributed by atoms with Gasteiger partial charge in [0.1, 0.15) is 5.82 Å². The second kappa shape index (κ2) is 7.55. The highest BCUT2D eigenvalue weighted by molar-refractivity contribution is 7.89. The Morgan fingerprint density at radius 1 is 1.17 bits per heavy atom. The van der Waals surface area contributed by atoms with Crippen LogP contribution in [0.5, 0.6) is 0 Å². The Balaban J connectivity index is 2.05. The van der Waals surface area contributed by atoms with E-state index in [0.717, 1.165) is 5.56 Å². The number of nitrogens with zero attached hydrogens (tertiary/aromatic N) is 1. The van der Waals surface area contributed by atoms with Gasteiger partial charge in [0.2, 0.25) is 15.9 Å². The van der Waals surface area contributed by atoms with E-state index >= 15 is 0 Å². The van der Waals surface area contributed by atoms with Crippen molar-refractivity contribution >= 4 is 21.6 Å². The molecule has 0 aliphatic carbocycles. The second-order valence-corrected chi connectivity index (χ2v) is 7.13. The Labute approximate surface area is 141 Å². The number of anilines is 1. The zero-order valence-corrected chi connectivity index (χ0v) is 14.3. The first kappa shape index (κ1) is 18.1. The molecule has 0 aromatic heterocycles. The summed E-state index contributed by atoms with van der Waals surface area (Å²) in [7, 11) is -3.64. The fourth-order valence-electron chi connectivity index (χ4n) is 2.25. The van der Waals surface area contributed by atoms with Crippen LogP contribution < -0.4 is 9.62 Å². The Morgan fingerprint density at radius 3 is 2.42 bits per heavy atom. The second-order valence-electron chi connectivity index (χ2n) is 5.36. The number of hydrogen-bond donors (Lipinski definition) is 1. The number of rotatable bonds is 6. The van der Waals surface area contributed by atoms with E-state index in [0.29, 0.717) is 5.69 Å². The van der Waals surface area contributed by atoms with Gasteiger partial charge in [0.05, 0.1) is 4.90 Å². The normalized spacial score (nSPS) is 11.3. The average Bonchev–Trinajstić information content (AvgIpc) is 2.52. The number of carbonyl (C=O) groups excluding carboxylic acids is 1. The number of amides is 1. The maximum atomic E-state index is 13.0. The summed E-state index contributed by atoms with van der Waals surface area (Å²) in [5, 5.41) is 0. The molecule has 0 radical (unpaired) electrons. The van der Waals surface area contributed by atoms with E-state index in [9.17, 15) is 17.6 Å². The molecule has 2 aromatic carbocycles. The van der Waals surface area contributed by atoms with Crippen LogP contribution in [0.15, 0.2) is 53.4 Å². The van der Waals surface area contributed by atoms with Gasteiger partial charge in [-0.2, -0.15) is 0 Å². The largest absolute Gasteiger partial charge is 0.311 e. The maximum absolute atomic E-state index is 13.0. The first-order valence-electron chi connectivity index (χ1n) is 7.39.